The summed E-state index contributed by atoms with van der Waals surface area (Å²) in [5.41, 5.74) is 0.756. The molecule has 0 radical (unpaired) electrons. The first-order valence-corrected chi connectivity index (χ1v) is 4.84. The summed E-state index contributed by atoms with van der Waals surface area (Å²) < 4.78 is 31.3. The van der Waals surface area contributed by atoms with Crippen molar-refractivity contribution in [1.82, 2.24) is 0 Å². The standard InChI is InChI=1S/C13H10F2O/c1-9-5-11(15)8-13(6-9)16-12-4-2-3-10(14)7-12/h2-8H,1H3. The first-order chi connectivity index (χ1) is 7.63. The van der Waals surface area contributed by atoms with Gasteiger partial charge in [-0.3, -0.25) is 0 Å². The molecule has 0 aromatic heterocycles. The van der Waals surface area contributed by atoms with Gasteiger partial charge in [0.2, 0.25) is 0 Å². The van der Waals surface area contributed by atoms with Crippen LogP contribution in [0.25, 0.3) is 0 Å². The van der Waals surface area contributed by atoms with Crippen molar-refractivity contribution in [2.24, 2.45) is 0 Å². The number of aryl methyl sites for hydroxylation is 1. The SMILES string of the molecule is Cc1cc(F)cc(Oc2cccc(F)c2)c1. The zero-order chi connectivity index (χ0) is 11.5. The van der Waals surface area contributed by atoms with Crippen LogP contribution < -0.4 is 4.74 Å². The number of hydrogen-bond acceptors (Lipinski definition) is 1. The molecular weight excluding hydrogens is 210 g/mol. The second kappa shape index (κ2) is 4.31. The molecule has 0 aliphatic rings. The minimum atomic E-state index is -0.384. The molecule has 2 rings (SSSR count). The fourth-order valence-electron chi connectivity index (χ4n) is 1.43. The first-order valence-electron chi connectivity index (χ1n) is 4.84. The van der Waals surface area contributed by atoms with Gasteiger partial charge in [0.05, 0.1) is 0 Å². The van der Waals surface area contributed by atoms with Crippen LogP contribution in [0, 0.1) is 18.6 Å². The van der Waals surface area contributed by atoms with E-state index in [9.17, 15) is 8.78 Å². The Morgan fingerprint density at radius 1 is 0.875 bits per heavy atom. The van der Waals surface area contributed by atoms with Crippen molar-refractivity contribution < 1.29 is 13.5 Å². The molecule has 0 aliphatic carbocycles. The molecule has 0 aliphatic heterocycles. The van der Waals surface area contributed by atoms with Gasteiger partial charge in [-0.15, -0.1) is 0 Å². The number of ether oxygens (including phenoxy) is 1. The summed E-state index contributed by atoms with van der Waals surface area (Å²) in [5, 5.41) is 0. The molecule has 82 valence electrons. The van der Waals surface area contributed by atoms with Crippen LogP contribution in [0.5, 0.6) is 11.5 Å². The van der Waals surface area contributed by atoms with Crippen molar-refractivity contribution >= 4 is 0 Å². The highest BCUT2D eigenvalue weighted by Gasteiger charge is 2.01. The van der Waals surface area contributed by atoms with Crippen molar-refractivity contribution in [1.29, 1.82) is 0 Å². The van der Waals surface area contributed by atoms with Crippen molar-refractivity contribution in [3.63, 3.8) is 0 Å². The Morgan fingerprint density at radius 2 is 1.62 bits per heavy atom. The maximum atomic E-state index is 13.1. The van der Waals surface area contributed by atoms with Gasteiger partial charge in [0, 0.05) is 12.1 Å². The Balaban J connectivity index is 2.27. The molecule has 0 saturated carbocycles. The molecule has 0 atom stereocenters. The Morgan fingerprint density at radius 3 is 2.31 bits per heavy atom. The summed E-state index contributed by atoms with van der Waals surface area (Å²) in [6.07, 6.45) is 0. The van der Waals surface area contributed by atoms with Gasteiger partial charge in [-0.2, -0.15) is 0 Å². The summed E-state index contributed by atoms with van der Waals surface area (Å²) >= 11 is 0. The fraction of sp³-hybridized carbons (Fsp3) is 0.0769. The van der Waals surface area contributed by atoms with E-state index in [1.54, 1.807) is 19.1 Å². The van der Waals surface area contributed by atoms with E-state index in [4.69, 9.17) is 4.74 Å². The van der Waals surface area contributed by atoms with E-state index in [2.05, 4.69) is 0 Å². The highest BCUT2D eigenvalue weighted by atomic mass is 19.1. The summed E-state index contributed by atoms with van der Waals surface area (Å²) in [5.74, 6) is -0.0369. The molecule has 0 heterocycles. The van der Waals surface area contributed by atoms with Gasteiger partial charge >= 0.3 is 0 Å². The van der Waals surface area contributed by atoms with Gasteiger partial charge in [0.1, 0.15) is 23.1 Å². The average Bonchev–Trinajstić information content (AvgIpc) is 2.15. The predicted octanol–water partition coefficient (Wildman–Crippen LogP) is 4.07. The Bertz CT molecular complexity index is 489. The lowest BCUT2D eigenvalue weighted by molar-refractivity contribution is 0.471. The van der Waals surface area contributed by atoms with Gasteiger partial charge in [-0.1, -0.05) is 6.07 Å². The van der Waals surface area contributed by atoms with Crippen molar-refractivity contribution in [2.75, 3.05) is 0 Å². The van der Waals surface area contributed by atoms with E-state index in [1.165, 1.54) is 30.3 Å². The smallest absolute Gasteiger partial charge is 0.130 e. The van der Waals surface area contributed by atoms with Crippen LogP contribution in [0.1, 0.15) is 5.56 Å². The van der Waals surface area contributed by atoms with Crippen molar-refractivity contribution in [3.05, 3.63) is 59.7 Å². The third-order valence-corrected chi connectivity index (χ3v) is 2.05. The Labute approximate surface area is 92.3 Å². The average molecular weight is 220 g/mol. The Hall–Kier alpha value is -1.90. The van der Waals surface area contributed by atoms with Gasteiger partial charge in [0.25, 0.3) is 0 Å². The number of hydrogen-bond donors (Lipinski definition) is 0. The molecule has 2 aromatic rings. The second-order valence-electron chi connectivity index (χ2n) is 3.52. The molecule has 0 unspecified atom stereocenters. The van der Waals surface area contributed by atoms with E-state index in [0.717, 1.165) is 5.56 Å². The molecule has 0 bridgehead atoms. The maximum absolute atomic E-state index is 13.1. The fourth-order valence-corrected chi connectivity index (χ4v) is 1.43. The summed E-state index contributed by atoms with van der Waals surface area (Å²) in [4.78, 5) is 0. The van der Waals surface area contributed by atoms with Gasteiger partial charge < -0.3 is 4.74 Å². The zero-order valence-electron chi connectivity index (χ0n) is 8.71. The van der Waals surface area contributed by atoms with Crippen LogP contribution in [-0.4, -0.2) is 0 Å². The maximum Gasteiger partial charge on any atom is 0.130 e. The molecule has 0 fully saturated rings. The van der Waals surface area contributed by atoms with Crippen molar-refractivity contribution in [2.45, 2.75) is 6.92 Å². The first kappa shape index (κ1) is 10.6. The highest BCUT2D eigenvalue weighted by molar-refractivity contribution is 5.34. The monoisotopic (exact) mass is 220 g/mol. The van der Waals surface area contributed by atoms with Crippen LogP contribution in [-0.2, 0) is 0 Å². The van der Waals surface area contributed by atoms with E-state index < -0.39 is 0 Å². The topological polar surface area (TPSA) is 9.23 Å². The number of benzene rings is 2. The number of rotatable bonds is 2. The van der Waals surface area contributed by atoms with Crippen LogP contribution in [0.3, 0.4) is 0 Å². The Kier molecular flexibility index (Phi) is 2.86. The molecular formula is C13H10F2O. The quantitative estimate of drug-likeness (QED) is 0.741. The van der Waals surface area contributed by atoms with Crippen LogP contribution in [0.15, 0.2) is 42.5 Å². The molecule has 1 nitrogen and oxygen atoms in total. The minimum Gasteiger partial charge on any atom is -0.457 e. The third kappa shape index (κ3) is 2.57. The molecule has 0 spiro atoms. The second-order valence-corrected chi connectivity index (χ2v) is 3.52. The minimum absolute atomic E-state index is 0.352. The van der Waals surface area contributed by atoms with Crippen LogP contribution >= 0.6 is 0 Å². The van der Waals surface area contributed by atoms with Gasteiger partial charge in [0.15, 0.2) is 0 Å². The lowest BCUT2D eigenvalue weighted by atomic mass is 10.2. The molecule has 0 N–H and O–H groups in total. The molecule has 0 saturated heterocycles. The molecule has 16 heavy (non-hydrogen) atoms. The summed E-state index contributed by atoms with van der Waals surface area (Å²) in [6.45, 7) is 1.77. The summed E-state index contributed by atoms with van der Waals surface area (Å²) in [7, 11) is 0. The van der Waals surface area contributed by atoms with Crippen LogP contribution in [0.2, 0.25) is 0 Å². The van der Waals surface area contributed by atoms with E-state index in [0.29, 0.717) is 11.5 Å². The summed E-state index contributed by atoms with van der Waals surface area (Å²) in [6, 6.07) is 10.1. The van der Waals surface area contributed by atoms with Gasteiger partial charge in [-0.25, -0.2) is 8.78 Å². The molecule has 0 amide bonds. The molecule has 2 aromatic carbocycles. The third-order valence-electron chi connectivity index (χ3n) is 2.05. The lowest BCUT2D eigenvalue weighted by Gasteiger charge is -2.06. The predicted molar refractivity (Wildman–Crippen MR) is 57.6 cm³/mol. The van der Waals surface area contributed by atoms with E-state index in [-0.39, 0.29) is 11.6 Å². The van der Waals surface area contributed by atoms with Crippen LogP contribution in [0.4, 0.5) is 8.78 Å². The van der Waals surface area contributed by atoms with Crippen molar-refractivity contribution in [3.8, 4) is 11.5 Å². The highest BCUT2D eigenvalue weighted by Crippen LogP contribution is 2.23. The zero-order valence-corrected chi connectivity index (χ0v) is 8.71. The van der Waals surface area contributed by atoms with E-state index in [1.807, 2.05) is 0 Å². The lowest BCUT2D eigenvalue weighted by Crippen LogP contribution is -1.87. The van der Waals surface area contributed by atoms with E-state index >= 15 is 0 Å². The number of halogens is 2. The largest absolute Gasteiger partial charge is 0.457 e. The molecule has 3 heteroatoms. The van der Waals surface area contributed by atoms with Gasteiger partial charge in [-0.05, 0) is 36.8 Å². The normalized spacial score (nSPS) is 10.2.